The third-order valence-corrected chi connectivity index (χ3v) is 7.44. The van der Waals surface area contributed by atoms with Crippen molar-refractivity contribution in [1.29, 1.82) is 0 Å². The molecule has 1 aliphatic carbocycles. The lowest BCUT2D eigenvalue weighted by atomic mass is 9.60. The summed E-state index contributed by atoms with van der Waals surface area (Å²) >= 11 is 0. The molecule has 0 unspecified atom stereocenters. The van der Waals surface area contributed by atoms with Crippen molar-refractivity contribution in [3.8, 4) is 11.5 Å². The van der Waals surface area contributed by atoms with Crippen LogP contribution in [0.2, 0.25) is 0 Å². The third kappa shape index (κ3) is 4.06. The molecule has 2 heteroatoms. The first kappa shape index (κ1) is 20.8. The van der Waals surface area contributed by atoms with Gasteiger partial charge in [0, 0.05) is 0 Å². The topological polar surface area (TPSA) is 18.5 Å². The van der Waals surface area contributed by atoms with Gasteiger partial charge in [0.15, 0.2) is 0 Å². The zero-order valence-electron chi connectivity index (χ0n) is 18.4. The van der Waals surface area contributed by atoms with Gasteiger partial charge in [-0.1, -0.05) is 52.0 Å². The summed E-state index contributed by atoms with van der Waals surface area (Å²) in [5.74, 6) is 3.32. The van der Waals surface area contributed by atoms with E-state index in [1.54, 1.807) is 14.2 Å². The van der Waals surface area contributed by atoms with Crippen LogP contribution in [0.3, 0.4) is 0 Å². The fourth-order valence-electron chi connectivity index (χ4n) is 5.05. The molecule has 2 aromatic rings. The molecule has 3 rings (SSSR count). The molecule has 28 heavy (non-hydrogen) atoms. The smallest absolute Gasteiger partial charge is 0.118 e. The number of hydrogen-bond acceptors (Lipinski definition) is 2. The maximum atomic E-state index is 5.33. The van der Waals surface area contributed by atoms with Crippen molar-refractivity contribution in [1.82, 2.24) is 0 Å². The molecule has 1 saturated carbocycles. The van der Waals surface area contributed by atoms with Gasteiger partial charge in [-0.2, -0.15) is 0 Å². The van der Waals surface area contributed by atoms with Crippen LogP contribution >= 0.6 is 0 Å². The maximum Gasteiger partial charge on any atom is 0.118 e. The van der Waals surface area contributed by atoms with Crippen LogP contribution in [0.1, 0.15) is 64.5 Å². The van der Waals surface area contributed by atoms with E-state index in [1.807, 2.05) is 0 Å². The van der Waals surface area contributed by atoms with Gasteiger partial charge in [-0.15, -0.1) is 0 Å². The van der Waals surface area contributed by atoms with Crippen LogP contribution in [0, 0.1) is 11.8 Å². The van der Waals surface area contributed by atoms with Crippen LogP contribution < -0.4 is 9.47 Å². The third-order valence-electron chi connectivity index (χ3n) is 7.44. The summed E-state index contributed by atoms with van der Waals surface area (Å²) in [5, 5.41) is 0. The molecule has 0 saturated heterocycles. The Morgan fingerprint density at radius 1 is 0.571 bits per heavy atom. The molecule has 0 spiro atoms. The van der Waals surface area contributed by atoms with E-state index >= 15 is 0 Å². The van der Waals surface area contributed by atoms with Gasteiger partial charge in [0.1, 0.15) is 11.5 Å². The average molecular weight is 381 g/mol. The molecular weight excluding hydrogens is 344 g/mol. The predicted molar refractivity (Wildman–Crippen MR) is 117 cm³/mol. The molecule has 0 amide bonds. The van der Waals surface area contributed by atoms with Crippen LogP contribution in [-0.2, 0) is 10.8 Å². The van der Waals surface area contributed by atoms with E-state index in [0.29, 0.717) is 0 Å². The van der Waals surface area contributed by atoms with E-state index in [-0.39, 0.29) is 10.8 Å². The summed E-state index contributed by atoms with van der Waals surface area (Å²) in [4.78, 5) is 0. The number of benzene rings is 2. The minimum absolute atomic E-state index is 0.196. The molecule has 0 bridgehead atoms. The molecule has 1 fully saturated rings. The van der Waals surface area contributed by atoms with Gasteiger partial charge in [0.2, 0.25) is 0 Å². The molecule has 0 heterocycles. The van der Waals surface area contributed by atoms with Crippen molar-refractivity contribution in [2.24, 2.45) is 11.8 Å². The fraction of sp³-hybridized carbons (Fsp3) is 0.538. The fourth-order valence-corrected chi connectivity index (χ4v) is 5.05. The Kier molecular flexibility index (Phi) is 6.07. The highest BCUT2D eigenvalue weighted by molar-refractivity contribution is 5.33. The van der Waals surface area contributed by atoms with Crippen LogP contribution in [-0.4, -0.2) is 14.2 Å². The highest BCUT2D eigenvalue weighted by atomic mass is 16.5. The van der Waals surface area contributed by atoms with Crippen molar-refractivity contribution in [2.75, 3.05) is 14.2 Å². The summed E-state index contributed by atoms with van der Waals surface area (Å²) in [6.07, 6.45) is 5.18. The van der Waals surface area contributed by atoms with Crippen LogP contribution in [0.5, 0.6) is 11.5 Å². The maximum absolute atomic E-state index is 5.33. The molecule has 0 aliphatic heterocycles. The molecular formula is C26H36O2. The Hall–Kier alpha value is -1.96. The molecule has 0 N–H and O–H groups in total. The molecule has 0 radical (unpaired) electrons. The first-order valence-corrected chi connectivity index (χ1v) is 10.6. The summed E-state index contributed by atoms with van der Waals surface area (Å²) in [6.45, 7) is 9.64. The van der Waals surface area contributed by atoms with E-state index in [1.165, 1.54) is 36.8 Å². The molecule has 152 valence electrons. The molecule has 1 aliphatic rings. The standard InChI is InChI=1S/C26H36O2/c1-25(2,21-11-15-23(27-5)16-12-21)19-7-9-20(10-8-19)26(3,4)22-13-17-24(28-6)18-14-22/h11-20H,7-10H2,1-6H3. The first-order valence-electron chi connectivity index (χ1n) is 10.6. The van der Waals surface area contributed by atoms with Crippen molar-refractivity contribution < 1.29 is 9.47 Å². The Labute approximate surface area is 171 Å². The Balaban J connectivity index is 1.68. The van der Waals surface area contributed by atoms with Crippen molar-refractivity contribution >= 4 is 0 Å². The number of rotatable bonds is 6. The van der Waals surface area contributed by atoms with Crippen LogP contribution in [0.25, 0.3) is 0 Å². The van der Waals surface area contributed by atoms with Gasteiger partial charge in [0.05, 0.1) is 14.2 Å². The molecule has 2 aromatic carbocycles. The SMILES string of the molecule is COc1ccc(C(C)(C)C2CCC(C(C)(C)c3ccc(OC)cc3)CC2)cc1. The van der Waals surface area contributed by atoms with Gasteiger partial charge >= 0.3 is 0 Å². The number of methoxy groups -OCH3 is 2. The second-order valence-corrected chi connectivity index (χ2v) is 9.45. The zero-order chi connectivity index (χ0) is 20.4. The molecule has 0 atom stereocenters. The van der Waals surface area contributed by atoms with E-state index < -0.39 is 0 Å². The first-order chi connectivity index (χ1) is 13.3. The van der Waals surface area contributed by atoms with Crippen molar-refractivity contribution in [2.45, 2.75) is 64.2 Å². The highest BCUT2D eigenvalue weighted by Crippen LogP contribution is 2.47. The normalized spacial score (nSPS) is 20.6. The lowest BCUT2D eigenvalue weighted by Gasteiger charge is -2.44. The predicted octanol–water partition coefficient (Wildman–Crippen LogP) is 6.77. The number of hydrogen-bond donors (Lipinski definition) is 0. The quantitative estimate of drug-likeness (QED) is 0.551. The van der Waals surface area contributed by atoms with E-state index in [2.05, 4.69) is 76.2 Å². The van der Waals surface area contributed by atoms with Gasteiger partial charge in [0.25, 0.3) is 0 Å². The summed E-state index contributed by atoms with van der Waals surface area (Å²) in [6, 6.07) is 17.3. The zero-order valence-corrected chi connectivity index (χ0v) is 18.4. The van der Waals surface area contributed by atoms with Crippen molar-refractivity contribution in [3.05, 3.63) is 59.7 Å². The lowest BCUT2D eigenvalue weighted by molar-refractivity contribution is 0.149. The Morgan fingerprint density at radius 2 is 0.857 bits per heavy atom. The lowest BCUT2D eigenvalue weighted by Crippen LogP contribution is -2.37. The monoisotopic (exact) mass is 380 g/mol. The van der Waals surface area contributed by atoms with E-state index in [9.17, 15) is 0 Å². The summed E-state index contributed by atoms with van der Waals surface area (Å²) < 4.78 is 10.7. The average Bonchev–Trinajstić information content (AvgIpc) is 2.74. The second kappa shape index (κ2) is 8.19. The van der Waals surface area contributed by atoms with Gasteiger partial charge < -0.3 is 9.47 Å². The summed E-state index contributed by atoms with van der Waals surface area (Å²) in [7, 11) is 3.46. The van der Waals surface area contributed by atoms with Gasteiger partial charge in [-0.3, -0.25) is 0 Å². The van der Waals surface area contributed by atoms with Gasteiger partial charge in [-0.25, -0.2) is 0 Å². The van der Waals surface area contributed by atoms with E-state index in [0.717, 1.165) is 23.3 Å². The van der Waals surface area contributed by atoms with Gasteiger partial charge in [-0.05, 0) is 83.7 Å². The summed E-state index contributed by atoms with van der Waals surface area (Å²) in [5.41, 5.74) is 3.24. The van der Waals surface area contributed by atoms with Crippen LogP contribution in [0.4, 0.5) is 0 Å². The molecule has 2 nitrogen and oxygen atoms in total. The largest absolute Gasteiger partial charge is 0.497 e. The minimum Gasteiger partial charge on any atom is -0.497 e. The van der Waals surface area contributed by atoms with E-state index in [4.69, 9.17) is 9.47 Å². The second-order valence-electron chi connectivity index (χ2n) is 9.45. The highest BCUT2D eigenvalue weighted by Gasteiger charge is 2.39. The van der Waals surface area contributed by atoms with Crippen LogP contribution in [0.15, 0.2) is 48.5 Å². The Bertz CT molecular complexity index is 681. The minimum atomic E-state index is 0.196. The molecule has 0 aromatic heterocycles. The number of ether oxygens (including phenoxy) is 2. The Morgan fingerprint density at radius 3 is 1.11 bits per heavy atom. The van der Waals surface area contributed by atoms with Crippen molar-refractivity contribution in [3.63, 3.8) is 0 Å².